The lowest BCUT2D eigenvalue weighted by molar-refractivity contribution is -0.143. The van der Waals surface area contributed by atoms with Crippen LogP contribution in [0.15, 0.2) is 71.4 Å². The molecule has 0 saturated heterocycles. The largest absolute Gasteiger partial charge is 0.497 e. The van der Waals surface area contributed by atoms with Gasteiger partial charge in [-0.15, -0.1) is 0 Å². The number of ether oxygens (including phenoxy) is 1. The summed E-state index contributed by atoms with van der Waals surface area (Å²) in [6, 6.07) is 17.4. The Morgan fingerprint density at radius 1 is 1.03 bits per heavy atom. The number of carbonyl (C=O) groups excluding carboxylic acids is 2. The number of hydrogen-bond donors (Lipinski definition) is 0. The second-order valence-electron chi connectivity index (χ2n) is 9.84. The van der Waals surface area contributed by atoms with Gasteiger partial charge < -0.3 is 4.74 Å². The Bertz CT molecular complexity index is 1500. The minimum atomic E-state index is -0.481. The van der Waals surface area contributed by atoms with Gasteiger partial charge in [-0.25, -0.2) is 4.68 Å². The fraction of sp³-hybridized carbons (Fsp3) is 0.290. The van der Waals surface area contributed by atoms with Crippen molar-refractivity contribution in [2.75, 3.05) is 7.11 Å². The van der Waals surface area contributed by atoms with Crippen molar-refractivity contribution in [3.8, 4) is 28.8 Å². The van der Waals surface area contributed by atoms with Crippen LogP contribution in [-0.2, 0) is 9.59 Å². The van der Waals surface area contributed by atoms with Gasteiger partial charge in [0, 0.05) is 28.9 Å². The maximum atomic E-state index is 13.8. The van der Waals surface area contributed by atoms with E-state index < -0.39 is 5.91 Å². The van der Waals surface area contributed by atoms with Crippen LogP contribution in [0.5, 0.6) is 5.75 Å². The smallest absolute Gasteiger partial charge is 0.271 e. The molecule has 1 fully saturated rings. The number of carbonyl (C=O) groups is 2. The summed E-state index contributed by atoms with van der Waals surface area (Å²) in [6.07, 6.45) is 8.23. The topological polar surface area (TPSA) is 88.2 Å². The molecule has 2 amide bonds. The molecule has 2 heterocycles. The SMILES string of the molecule is COc1ccc(-c2nn(-c3ccccc3)cc2/C=C2/C(=O)N(C3CCCCC3)C(=O)C(C#N)=C2C)c(C)c1. The summed E-state index contributed by atoms with van der Waals surface area (Å²) in [4.78, 5) is 28.4. The molecule has 5 rings (SSSR count). The molecule has 1 saturated carbocycles. The Balaban J connectivity index is 1.68. The van der Waals surface area contributed by atoms with Gasteiger partial charge in [-0.1, -0.05) is 37.5 Å². The van der Waals surface area contributed by atoms with E-state index in [9.17, 15) is 14.9 Å². The molecule has 0 radical (unpaired) electrons. The Kier molecular flexibility index (Phi) is 6.97. The van der Waals surface area contributed by atoms with Crippen LogP contribution in [0.25, 0.3) is 23.0 Å². The molecule has 0 bridgehead atoms. The Morgan fingerprint density at radius 2 is 1.76 bits per heavy atom. The predicted molar refractivity (Wildman–Crippen MR) is 145 cm³/mol. The highest BCUT2D eigenvalue weighted by atomic mass is 16.5. The molecule has 0 unspecified atom stereocenters. The van der Waals surface area contributed by atoms with Gasteiger partial charge in [-0.05, 0) is 74.2 Å². The van der Waals surface area contributed by atoms with Crippen molar-refractivity contribution in [3.63, 3.8) is 0 Å². The second kappa shape index (κ2) is 10.5. The number of para-hydroxylation sites is 1. The molecule has 2 aromatic carbocycles. The van der Waals surface area contributed by atoms with Crippen LogP contribution in [0.2, 0.25) is 0 Å². The lowest BCUT2D eigenvalue weighted by Crippen LogP contribution is -2.49. The molecule has 1 aliphatic heterocycles. The summed E-state index contributed by atoms with van der Waals surface area (Å²) < 4.78 is 7.17. The molecule has 192 valence electrons. The number of rotatable bonds is 5. The van der Waals surface area contributed by atoms with Crippen molar-refractivity contribution >= 4 is 17.9 Å². The van der Waals surface area contributed by atoms with Crippen LogP contribution in [0.1, 0.15) is 50.2 Å². The van der Waals surface area contributed by atoms with E-state index >= 15 is 0 Å². The zero-order valence-corrected chi connectivity index (χ0v) is 21.9. The normalized spacial score (nSPS) is 17.7. The van der Waals surface area contributed by atoms with Crippen molar-refractivity contribution in [1.82, 2.24) is 14.7 Å². The number of aromatic nitrogens is 2. The molecular weight excluding hydrogens is 476 g/mol. The number of nitrogens with zero attached hydrogens (tertiary/aromatic N) is 4. The van der Waals surface area contributed by atoms with Crippen molar-refractivity contribution in [2.45, 2.75) is 52.0 Å². The lowest BCUT2D eigenvalue weighted by atomic mass is 9.88. The number of amides is 2. The zero-order valence-electron chi connectivity index (χ0n) is 21.9. The van der Waals surface area contributed by atoms with Crippen molar-refractivity contribution in [1.29, 1.82) is 5.26 Å². The summed E-state index contributed by atoms with van der Waals surface area (Å²) >= 11 is 0. The first-order valence-corrected chi connectivity index (χ1v) is 12.9. The van der Waals surface area contributed by atoms with Crippen molar-refractivity contribution < 1.29 is 14.3 Å². The van der Waals surface area contributed by atoms with E-state index in [-0.39, 0.29) is 17.5 Å². The van der Waals surface area contributed by atoms with Gasteiger partial charge in [0.15, 0.2) is 0 Å². The highest BCUT2D eigenvalue weighted by molar-refractivity contribution is 6.20. The monoisotopic (exact) mass is 506 g/mol. The van der Waals surface area contributed by atoms with Crippen LogP contribution in [0, 0.1) is 18.3 Å². The number of aryl methyl sites for hydroxylation is 1. The molecule has 7 nitrogen and oxygen atoms in total. The fourth-order valence-corrected chi connectivity index (χ4v) is 5.37. The third-order valence-corrected chi connectivity index (χ3v) is 7.46. The average molecular weight is 507 g/mol. The van der Waals surface area contributed by atoms with E-state index in [4.69, 9.17) is 9.84 Å². The van der Waals surface area contributed by atoms with Gasteiger partial charge in [0.25, 0.3) is 11.8 Å². The molecular formula is C31H30N4O3. The van der Waals surface area contributed by atoms with E-state index in [1.54, 1.807) is 24.8 Å². The molecule has 7 heteroatoms. The van der Waals surface area contributed by atoms with Crippen LogP contribution in [0.4, 0.5) is 0 Å². The summed E-state index contributed by atoms with van der Waals surface area (Å²) in [6.45, 7) is 3.67. The van der Waals surface area contributed by atoms with Gasteiger partial charge in [-0.2, -0.15) is 10.4 Å². The molecule has 0 N–H and O–H groups in total. The standard InChI is InChI=1S/C31H30N4O3/c1-20-16-25(38-3)14-15-26(20)29-22(19-34(33-29)23-10-6-4-7-11-23)17-27-21(2)28(18-32)31(37)35(30(27)36)24-12-8-5-9-13-24/h4,6-7,10-11,14-17,19,24H,5,8-9,12-13H2,1-3H3/b27-17+. The molecule has 3 aromatic rings. The Labute approximate surface area is 222 Å². The Hall–Kier alpha value is -4.44. The molecule has 0 spiro atoms. The maximum Gasteiger partial charge on any atom is 0.271 e. The molecule has 0 atom stereocenters. The molecule has 38 heavy (non-hydrogen) atoms. The van der Waals surface area contributed by atoms with E-state index in [1.807, 2.05) is 61.7 Å². The van der Waals surface area contributed by atoms with Gasteiger partial charge in [0.1, 0.15) is 23.1 Å². The van der Waals surface area contributed by atoms with Crippen molar-refractivity contribution in [2.24, 2.45) is 0 Å². The molecule has 2 aliphatic rings. The van der Waals surface area contributed by atoms with E-state index in [1.165, 1.54) is 4.90 Å². The summed E-state index contributed by atoms with van der Waals surface area (Å²) in [5.41, 5.74) is 4.95. The number of hydrogen-bond acceptors (Lipinski definition) is 5. The summed E-state index contributed by atoms with van der Waals surface area (Å²) in [7, 11) is 1.63. The van der Waals surface area contributed by atoms with Crippen LogP contribution in [0.3, 0.4) is 0 Å². The summed E-state index contributed by atoms with van der Waals surface area (Å²) in [5.74, 6) is -0.0799. The number of benzene rings is 2. The fourth-order valence-electron chi connectivity index (χ4n) is 5.37. The van der Waals surface area contributed by atoms with Crippen LogP contribution in [-0.4, -0.2) is 39.6 Å². The number of imide groups is 1. The zero-order chi connectivity index (χ0) is 26.8. The van der Waals surface area contributed by atoms with Gasteiger partial charge in [-0.3, -0.25) is 14.5 Å². The first kappa shape index (κ1) is 25.2. The van der Waals surface area contributed by atoms with Gasteiger partial charge in [0.2, 0.25) is 0 Å². The van der Waals surface area contributed by atoms with Gasteiger partial charge >= 0.3 is 0 Å². The average Bonchev–Trinajstić information content (AvgIpc) is 3.36. The third-order valence-electron chi connectivity index (χ3n) is 7.46. The van der Waals surface area contributed by atoms with E-state index in [0.717, 1.165) is 60.2 Å². The summed E-state index contributed by atoms with van der Waals surface area (Å²) in [5, 5.41) is 14.8. The number of methoxy groups -OCH3 is 1. The molecule has 1 aromatic heterocycles. The van der Waals surface area contributed by atoms with Crippen LogP contribution < -0.4 is 4.74 Å². The van der Waals surface area contributed by atoms with Crippen molar-refractivity contribution in [3.05, 3.63) is 82.6 Å². The first-order valence-electron chi connectivity index (χ1n) is 12.9. The molecule has 1 aliphatic carbocycles. The Morgan fingerprint density at radius 3 is 2.42 bits per heavy atom. The quantitative estimate of drug-likeness (QED) is 0.323. The van der Waals surface area contributed by atoms with E-state index in [2.05, 4.69) is 6.07 Å². The predicted octanol–water partition coefficient (Wildman–Crippen LogP) is 5.78. The highest BCUT2D eigenvalue weighted by Crippen LogP contribution is 2.35. The lowest BCUT2D eigenvalue weighted by Gasteiger charge is -2.36. The first-order chi connectivity index (χ1) is 18.4. The third kappa shape index (κ3) is 4.54. The van der Waals surface area contributed by atoms with Crippen LogP contribution >= 0.6 is 0 Å². The highest BCUT2D eigenvalue weighted by Gasteiger charge is 2.40. The maximum absolute atomic E-state index is 13.8. The van der Waals surface area contributed by atoms with E-state index in [0.29, 0.717) is 16.8 Å². The number of nitriles is 1. The second-order valence-corrected chi connectivity index (χ2v) is 9.84. The minimum absolute atomic E-state index is 0.0269. The minimum Gasteiger partial charge on any atom is -0.497 e. The van der Waals surface area contributed by atoms with Gasteiger partial charge in [0.05, 0.1) is 12.8 Å².